The Balaban J connectivity index is 0.000000674. The number of piperidine rings is 1. The molecule has 366 valence electrons. The monoisotopic (exact) mass is 948 g/mol. The van der Waals surface area contributed by atoms with Crippen molar-refractivity contribution >= 4 is 56.6 Å². The molecule has 1 saturated carbocycles. The average Bonchev–Trinajstić information content (AvgIpc) is 4.29. The number of aliphatic hydroxyl groups excluding tert-OH is 1. The molecule has 15 heteroatoms. The zero-order valence-corrected chi connectivity index (χ0v) is 40.8. The Kier molecular flexibility index (Phi) is 17.7. The Morgan fingerprint density at radius 2 is 1.47 bits per heavy atom. The van der Waals surface area contributed by atoms with Crippen LogP contribution in [0, 0.1) is 18.8 Å². The molecule has 10 rings (SSSR count). The van der Waals surface area contributed by atoms with E-state index in [1.54, 1.807) is 0 Å². The number of terminal acetylenes is 1. The molecule has 4 amide bonds. The van der Waals surface area contributed by atoms with E-state index in [0.717, 1.165) is 119 Å². The number of carbonyl (C=O) groups excluding carboxylic acids is 4. The van der Waals surface area contributed by atoms with Crippen molar-refractivity contribution in [3.63, 3.8) is 0 Å². The third-order valence-corrected chi connectivity index (χ3v) is 13.1. The number of amides is 4. The van der Waals surface area contributed by atoms with Crippen LogP contribution in [0.5, 0.6) is 0 Å². The molecule has 1 aliphatic carbocycles. The van der Waals surface area contributed by atoms with Gasteiger partial charge in [0.2, 0.25) is 5.91 Å². The molecule has 3 fully saturated rings. The standard InChI is InChI=1S/C48H47N7O4.C2H5NO2.C2H6.C2H2.CH4O/c1-3-8-41(56)54-22-7-11-40(54)45-49-27-39(51-45)34-15-14-30-23-29(12-13-31(30)25-34)32-17-20-37-33(24-32)18-21-38-43(37)52-46(50-38)44-35-16-19-36(26-35)55(44)47(57)42(53-48(58)59-2)28-9-5-4-6-10-28;1-5-2(3)4;3*1-2/h4-6,9-10,12-15,17-18,20-21,23-25,27,35-36,40,42,44H,3,7-8,11,16,19,22,26H2,1-2H3,(H,49,51)(H,50,52)(H,53,58);1H3,(H2,3,4);1-2H3;1-2H;2H,1H3/t35-,36+,40-,42+,44-;;;;/m0..../s1. The van der Waals surface area contributed by atoms with Crippen molar-refractivity contribution in [1.29, 1.82) is 0 Å². The van der Waals surface area contributed by atoms with E-state index in [1.165, 1.54) is 14.2 Å². The van der Waals surface area contributed by atoms with Crippen LogP contribution in [-0.4, -0.2) is 92.8 Å². The second kappa shape index (κ2) is 24.0. The SMILES string of the molecule is C#C.CC.CCCC(=O)N1CCC[C@H]1c1ncc(-c2ccc3cc(-c4ccc5c(ccc6[nH]c([C@@H]7[C@H]8CC[C@H](C8)N7C(=O)[C@H](NC(=O)OC)c7ccccc7)nc65)c4)ccc3c2)[nH]1.CO.COC(N)=O. The molecule has 2 aliphatic heterocycles. The number of hydrogen-bond acceptors (Lipinski definition) is 9. The van der Waals surface area contributed by atoms with Crippen LogP contribution in [0.1, 0.15) is 101 Å². The Morgan fingerprint density at radius 3 is 2.14 bits per heavy atom. The quantitative estimate of drug-likeness (QED) is 0.0871. The lowest BCUT2D eigenvalue weighted by Gasteiger charge is -2.36. The number of ether oxygens (including phenoxy) is 2. The first-order chi connectivity index (χ1) is 34.1. The Bertz CT molecular complexity index is 2930. The van der Waals surface area contributed by atoms with Crippen LogP contribution in [0.2, 0.25) is 0 Å². The maximum absolute atomic E-state index is 14.4. The first-order valence-corrected chi connectivity index (χ1v) is 23.8. The van der Waals surface area contributed by atoms with Gasteiger partial charge in [0.15, 0.2) is 0 Å². The molecule has 7 aromatic rings. The molecule has 0 spiro atoms. The number of nitrogens with zero attached hydrogens (tertiary/aromatic N) is 4. The summed E-state index contributed by atoms with van der Waals surface area (Å²) in [5, 5.41) is 14.2. The summed E-state index contributed by atoms with van der Waals surface area (Å²) < 4.78 is 8.81. The van der Waals surface area contributed by atoms with Crippen molar-refractivity contribution in [3.05, 3.63) is 120 Å². The number of likely N-dealkylation sites (tertiary alicyclic amines) is 2. The highest BCUT2D eigenvalue weighted by Crippen LogP contribution is 2.51. The summed E-state index contributed by atoms with van der Waals surface area (Å²) in [6.45, 7) is 6.84. The van der Waals surface area contributed by atoms with Gasteiger partial charge in [-0.2, -0.15) is 0 Å². The highest BCUT2D eigenvalue weighted by molar-refractivity contribution is 6.06. The normalized spacial score (nSPS) is 18.0. The maximum Gasteiger partial charge on any atom is 0.407 e. The fourth-order valence-electron chi connectivity index (χ4n) is 10.0. The second-order valence-electron chi connectivity index (χ2n) is 16.9. The number of imidazole rings is 2. The topological polar surface area (TPSA) is 209 Å². The van der Waals surface area contributed by atoms with Gasteiger partial charge in [-0.25, -0.2) is 19.6 Å². The van der Waals surface area contributed by atoms with Crippen molar-refractivity contribution in [2.24, 2.45) is 11.7 Å². The molecule has 4 heterocycles. The molecule has 0 radical (unpaired) electrons. The van der Waals surface area contributed by atoms with E-state index in [-0.39, 0.29) is 35.9 Å². The summed E-state index contributed by atoms with van der Waals surface area (Å²) in [6, 6.07) is 32.2. The second-order valence-corrected chi connectivity index (χ2v) is 16.9. The highest BCUT2D eigenvalue weighted by Gasteiger charge is 2.51. The number of alkyl carbamates (subject to hydrolysis) is 1. The molecule has 15 nitrogen and oxygen atoms in total. The number of aromatic amines is 2. The van der Waals surface area contributed by atoms with Crippen LogP contribution in [0.15, 0.2) is 103 Å². The lowest BCUT2D eigenvalue weighted by molar-refractivity contribution is -0.138. The fraction of sp³-hybridized carbons (Fsp3) is 0.345. The van der Waals surface area contributed by atoms with Crippen LogP contribution < -0.4 is 11.1 Å². The van der Waals surface area contributed by atoms with Crippen molar-refractivity contribution in [3.8, 4) is 35.2 Å². The van der Waals surface area contributed by atoms with Crippen molar-refractivity contribution in [1.82, 2.24) is 35.1 Å². The third kappa shape index (κ3) is 10.9. The molecule has 5 aromatic carbocycles. The number of fused-ring (bicyclic) bond motifs is 6. The Labute approximate surface area is 409 Å². The molecule has 70 heavy (non-hydrogen) atoms. The van der Waals surface area contributed by atoms with E-state index >= 15 is 0 Å². The fourth-order valence-corrected chi connectivity index (χ4v) is 10.0. The number of methoxy groups -OCH3 is 2. The minimum atomic E-state index is -0.868. The lowest BCUT2D eigenvalue weighted by atomic mass is 9.96. The van der Waals surface area contributed by atoms with Gasteiger partial charge in [-0.05, 0) is 102 Å². The molecule has 2 aromatic heterocycles. The van der Waals surface area contributed by atoms with Gasteiger partial charge < -0.3 is 45.4 Å². The highest BCUT2D eigenvalue weighted by atomic mass is 16.5. The molecule has 0 unspecified atom stereocenters. The van der Waals surface area contributed by atoms with Gasteiger partial charge in [-0.1, -0.05) is 93.6 Å². The molecule has 3 aliphatic rings. The summed E-state index contributed by atoms with van der Waals surface area (Å²) in [5.41, 5.74) is 11.2. The van der Waals surface area contributed by atoms with Gasteiger partial charge in [0.1, 0.15) is 17.7 Å². The summed E-state index contributed by atoms with van der Waals surface area (Å²) in [5.74, 6) is 1.99. The minimum Gasteiger partial charge on any atom is -0.453 e. The number of hydrogen-bond donors (Lipinski definition) is 5. The third-order valence-electron chi connectivity index (χ3n) is 13.1. The number of aromatic nitrogens is 4. The van der Waals surface area contributed by atoms with Crippen molar-refractivity contribution < 1.29 is 33.8 Å². The van der Waals surface area contributed by atoms with Gasteiger partial charge in [0.05, 0.1) is 49.2 Å². The number of primary amides is 1. The van der Waals surface area contributed by atoms with Crippen LogP contribution >= 0.6 is 0 Å². The van der Waals surface area contributed by atoms with E-state index in [0.29, 0.717) is 12.0 Å². The number of aliphatic hydroxyl groups is 1. The number of carbonyl (C=O) groups is 4. The number of nitrogens with two attached hydrogens (primary N) is 1. The van der Waals surface area contributed by atoms with Crippen LogP contribution in [0.25, 0.3) is 55.0 Å². The molecular formula is C55H64N8O7. The number of nitrogens with one attached hydrogen (secondary N) is 3. The molecule has 6 N–H and O–H groups in total. The Morgan fingerprint density at radius 1 is 0.829 bits per heavy atom. The lowest BCUT2D eigenvalue weighted by Crippen LogP contribution is -2.47. The summed E-state index contributed by atoms with van der Waals surface area (Å²) >= 11 is 0. The summed E-state index contributed by atoms with van der Waals surface area (Å²) in [4.78, 5) is 70.0. The number of H-pyrrole nitrogens is 2. The average molecular weight is 949 g/mol. The van der Waals surface area contributed by atoms with Crippen LogP contribution in [0.4, 0.5) is 9.59 Å². The van der Waals surface area contributed by atoms with Crippen LogP contribution in [0.3, 0.4) is 0 Å². The van der Waals surface area contributed by atoms with Gasteiger partial charge in [0, 0.05) is 37.1 Å². The molecule has 2 bridgehead atoms. The van der Waals surface area contributed by atoms with Gasteiger partial charge in [-0.15, -0.1) is 12.8 Å². The zero-order chi connectivity index (χ0) is 50.5. The van der Waals surface area contributed by atoms with E-state index in [4.69, 9.17) is 19.8 Å². The molecular weight excluding hydrogens is 885 g/mol. The summed E-state index contributed by atoms with van der Waals surface area (Å²) in [6.07, 6.45) is 14.7. The maximum atomic E-state index is 14.4. The smallest absolute Gasteiger partial charge is 0.407 e. The van der Waals surface area contributed by atoms with Crippen molar-refractivity contribution in [2.45, 2.75) is 89.9 Å². The van der Waals surface area contributed by atoms with Crippen LogP contribution in [-0.2, 0) is 19.1 Å². The predicted molar refractivity (Wildman–Crippen MR) is 274 cm³/mol. The zero-order valence-electron chi connectivity index (χ0n) is 40.8. The van der Waals surface area contributed by atoms with E-state index in [9.17, 15) is 19.2 Å². The minimum absolute atomic E-state index is 0.0128. The number of rotatable bonds is 9. The van der Waals surface area contributed by atoms with E-state index in [2.05, 4.69) is 105 Å². The first kappa shape index (κ1) is 51.7. The number of benzene rings is 5. The van der Waals surface area contributed by atoms with Crippen molar-refractivity contribution in [2.75, 3.05) is 27.9 Å². The molecule has 2 saturated heterocycles. The predicted octanol–water partition coefficient (Wildman–Crippen LogP) is 10.1. The Hall–Kier alpha value is -7.70. The molecule has 5 atom stereocenters. The van der Waals surface area contributed by atoms with E-state index in [1.807, 2.05) is 67.1 Å². The largest absolute Gasteiger partial charge is 0.453 e. The summed E-state index contributed by atoms with van der Waals surface area (Å²) in [7, 11) is 3.53. The first-order valence-electron chi connectivity index (χ1n) is 23.8. The van der Waals surface area contributed by atoms with Gasteiger partial charge in [0.25, 0.3) is 5.91 Å². The van der Waals surface area contributed by atoms with Gasteiger partial charge >= 0.3 is 12.2 Å². The van der Waals surface area contributed by atoms with E-state index < -0.39 is 18.2 Å². The van der Waals surface area contributed by atoms with Gasteiger partial charge in [-0.3, -0.25) is 9.59 Å².